The zero-order valence-corrected chi connectivity index (χ0v) is 15.5. The molecule has 1 heterocycles. The fraction of sp³-hybridized carbons (Fsp3) is 0.222. The molecule has 2 aromatic carbocycles. The zero-order chi connectivity index (χ0) is 18.7. The molecular formula is C18H20N4O3S. The molecule has 0 aliphatic carbocycles. The monoisotopic (exact) mass is 372 g/mol. The lowest BCUT2D eigenvalue weighted by Gasteiger charge is -2.12. The summed E-state index contributed by atoms with van der Waals surface area (Å²) in [4.78, 5) is 9.03. The van der Waals surface area contributed by atoms with Crippen LogP contribution in [0.2, 0.25) is 0 Å². The Morgan fingerprint density at radius 3 is 2.46 bits per heavy atom. The average Bonchev–Trinajstić information content (AvgIpc) is 2.62. The molecular weight excluding hydrogens is 352 g/mol. The molecule has 0 saturated carbocycles. The molecule has 7 nitrogen and oxygen atoms in total. The van der Waals surface area contributed by atoms with Gasteiger partial charge in [-0.3, -0.25) is 0 Å². The minimum Gasteiger partial charge on any atom is -0.489 e. The number of hydrogen-bond acceptors (Lipinski definition) is 6. The van der Waals surface area contributed by atoms with Crippen molar-refractivity contribution in [2.45, 2.75) is 24.8 Å². The van der Waals surface area contributed by atoms with E-state index in [0.717, 1.165) is 5.39 Å². The molecule has 0 spiro atoms. The summed E-state index contributed by atoms with van der Waals surface area (Å²) in [6.07, 6.45) is 1.76. The van der Waals surface area contributed by atoms with Crippen molar-refractivity contribution in [1.82, 2.24) is 14.7 Å². The Balaban J connectivity index is 1.89. The fourth-order valence-electron chi connectivity index (χ4n) is 2.40. The normalized spacial score (nSPS) is 11.7. The van der Waals surface area contributed by atoms with Gasteiger partial charge in [0.25, 0.3) is 0 Å². The topological polar surface area (TPSA) is 93.2 Å². The third-order valence-electron chi connectivity index (χ3n) is 3.63. The first-order valence-electron chi connectivity index (χ1n) is 8.12. The Hall–Kier alpha value is -2.71. The van der Waals surface area contributed by atoms with E-state index in [1.54, 1.807) is 18.3 Å². The van der Waals surface area contributed by atoms with Crippen LogP contribution in [0.25, 0.3) is 10.9 Å². The van der Waals surface area contributed by atoms with E-state index in [1.165, 1.54) is 19.2 Å². The van der Waals surface area contributed by atoms with Crippen LogP contribution in [0.1, 0.15) is 13.8 Å². The minimum atomic E-state index is -3.46. The SMILES string of the molecule is CNS(=O)(=O)c1ccc(Nc2ncc3cccc(OC(C)C)c3n2)cc1. The molecule has 8 heteroatoms. The lowest BCUT2D eigenvalue weighted by molar-refractivity contribution is 0.245. The van der Waals surface area contributed by atoms with E-state index in [-0.39, 0.29) is 11.0 Å². The first-order chi connectivity index (χ1) is 12.4. The molecule has 0 aliphatic heterocycles. The highest BCUT2D eigenvalue weighted by molar-refractivity contribution is 7.89. The van der Waals surface area contributed by atoms with Crippen molar-refractivity contribution in [3.05, 3.63) is 48.7 Å². The average molecular weight is 372 g/mol. The number of nitrogens with one attached hydrogen (secondary N) is 2. The van der Waals surface area contributed by atoms with Crippen LogP contribution in [0.3, 0.4) is 0 Å². The molecule has 26 heavy (non-hydrogen) atoms. The summed E-state index contributed by atoms with van der Waals surface area (Å²) in [6, 6.07) is 12.0. The third-order valence-corrected chi connectivity index (χ3v) is 5.06. The quantitative estimate of drug-likeness (QED) is 0.691. The van der Waals surface area contributed by atoms with Gasteiger partial charge in [-0.05, 0) is 51.2 Å². The second-order valence-electron chi connectivity index (χ2n) is 5.91. The van der Waals surface area contributed by atoms with Gasteiger partial charge in [-0.2, -0.15) is 0 Å². The van der Waals surface area contributed by atoms with E-state index in [9.17, 15) is 8.42 Å². The summed E-state index contributed by atoms with van der Waals surface area (Å²) < 4.78 is 31.6. The standard InChI is InChI=1S/C18H20N4O3S/c1-12(2)25-16-6-4-5-13-11-20-18(22-17(13)16)21-14-7-9-15(10-8-14)26(23,24)19-3/h4-12,19H,1-3H3,(H,20,21,22). The second-order valence-corrected chi connectivity index (χ2v) is 7.80. The van der Waals surface area contributed by atoms with Gasteiger partial charge < -0.3 is 10.1 Å². The molecule has 1 aromatic heterocycles. The highest BCUT2D eigenvalue weighted by Gasteiger charge is 2.11. The van der Waals surface area contributed by atoms with Crippen molar-refractivity contribution in [2.75, 3.05) is 12.4 Å². The van der Waals surface area contributed by atoms with E-state index < -0.39 is 10.0 Å². The lowest BCUT2D eigenvalue weighted by atomic mass is 10.2. The number of benzene rings is 2. The summed E-state index contributed by atoms with van der Waals surface area (Å²) in [7, 11) is -2.08. The first kappa shape index (κ1) is 18.1. The summed E-state index contributed by atoms with van der Waals surface area (Å²) in [5, 5.41) is 3.96. The molecule has 3 rings (SSSR count). The van der Waals surface area contributed by atoms with Gasteiger partial charge in [0.1, 0.15) is 11.3 Å². The van der Waals surface area contributed by atoms with E-state index in [2.05, 4.69) is 20.0 Å². The number of para-hydroxylation sites is 1. The number of nitrogens with zero attached hydrogens (tertiary/aromatic N) is 2. The molecule has 0 saturated heterocycles. The Kier molecular flexibility index (Phi) is 5.06. The first-order valence-corrected chi connectivity index (χ1v) is 9.60. The van der Waals surface area contributed by atoms with Crippen LogP contribution in [-0.4, -0.2) is 31.5 Å². The van der Waals surface area contributed by atoms with Gasteiger partial charge in [0.15, 0.2) is 0 Å². The van der Waals surface area contributed by atoms with E-state index >= 15 is 0 Å². The Morgan fingerprint density at radius 1 is 1.08 bits per heavy atom. The van der Waals surface area contributed by atoms with Crippen molar-refractivity contribution in [3.63, 3.8) is 0 Å². The van der Waals surface area contributed by atoms with E-state index in [0.29, 0.717) is 22.9 Å². The maximum Gasteiger partial charge on any atom is 0.240 e. The minimum absolute atomic E-state index is 0.0358. The van der Waals surface area contributed by atoms with Gasteiger partial charge >= 0.3 is 0 Å². The molecule has 0 bridgehead atoms. The number of rotatable bonds is 6. The summed E-state index contributed by atoms with van der Waals surface area (Å²) in [5.74, 6) is 1.10. The number of ether oxygens (including phenoxy) is 1. The number of sulfonamides is 1. The lowest BCUT2D eigenvalue weighted by Crippen LogP contribution is -2.18. The molecule has 0 unspecified atom stereocenters. The molecule has 0 aliphatic rings. The Bertz CT molecular complexity index is 1020. The van der Waals surface area contributed by atoms with Crippen molar-refractivity contribution in [1.29, 1.82) is 0 Å². The van der Waals surface area contributed by atoms with Crippen LogP contribution in [0.4, 0.5) is 11.6 Å². The molecule has 136 valence electrons. The van der Waals surface area contributed by atoms with Gasteiger partial charge in [0, 0.05) is 17.3 Å². The van der Waals surface area contributed by atoms with E-state index in [4.69, 9.17) is 4.74 Å². The van der Waals surface area contributed by atoms with Gasteiger partial charge in [-0.25, -0.2) is 23.1 Å². The van der Waals surface area contributed by atoms with Crippen LogP contribution in [0.15, 0.2) is 53.6 Å². The van der Waals surface area contributed by atoms with Crippen LogP contribution in [-0.2, 0) is 10.0 Å². The van der Waals surface area contributed by atoms with Crippen molar-refractivity contribution < 1.29 is 13.2 Å². The highest BCUT2D eigenvalue weighted by atomic mass is 32.2. The summed E-state index contributed by atoms with van der Waals surface area (Å²) in [6.45, 7) is 3.92. The van der Waals surface area contributed by atoms with Gasteiger partial charge in [-0.1, -0.05) is 12.1 Å². The molecule has 3 aromatic rings. The molecule has 0 radical (unpaired) electrons. The van der Waals surface area contributed by atoms with Crippen molar-refractivity contribution in [3.8, 4) is 5.75 Å². The van der Waals surface area contributed by atoms with Gasteiger partial charge in [0.05, 0.1) is 11.0 Å². The van der Waals surface area contributed by atoms with Crippen LogP contribution < -0.4 is 14.8 Å². The second kappa shape index (κ2) is 7.27. The Morgan fingerprint density at radius 2 is 1.81 bits per heavy atom. The molecule has 0 fully saturated rings. The number of aromatic nitrogens is 2. The molecule has 0 atom stereocenters. The summed E-state index contributed by atoms with van der Waals surface area (Å²) >= 11 is 0. The van der Waals surface area contributed by atoms with Crippen LogP contribution >= 0.6 is 0 Å². The zero-order valence-electron chi connectivity index (χ0n) is 14.7. The largest absolute Gasteiger partial charge is 0.489 e. The predicted molar refractivity (Wildman–Crippen MR) is 101 cm³/mol. The maximum atomic E-state index is 11.8. The summed E-state index contributed by atoms with van der Waals surface area (Å²) in [5.41, 5.74) is 1.40. The predicted octanol–water partition coefficient (Wildman–Crippen LogP) is 3.07. The third kappa shape index (κ3) is 3.92. The Labute approximate surface area is 152 Å². The van der Waals surface area contributed by atoms with E-state index in [1.807, 2.05) is 32.0 Å². The molecule has 2 N–H and O–H groups in total. The highest BCUT2D eigenvalue weighted by Crippen LogP contribution is 2.26. The van der Waals surface area contributed by atoms with Crippen LogP contribution in [0.5, 0.6) is 5.75 Å². The van der Waals surface area contributed by atoms with Crippen molar-refractivity contribution in [2.24, 2.45) is 0 Å². The fourth-order valence-corrected chi connectivity index (χ4v) is 3.13. The number of fused-ring (bicyclic) bond motifs is 1. The van der Waals surface area contributed by atoms with Gasteiger partial charge in [-0.15, -0.1) is 0 Å². The van der Waals surface area contributed by atoms with Crippen LogP contribution in [0, 0.1) is 0 Å². The molecule has 0 amide bonds. The number of hydrogen-bond donors (Lipinski definition) is 2. The maximum absolute atomic E-state index is 11.8. The van der Waals surface area contributed by atoms with Crippen molar-refractivity contribution >= 4 is 32.6 Å². The number of anilines is 2. The van der Waals surface area contributed by atoms with Gasteiger partial charge in [0.2, 0.25) is 16.0 Å². The smallest absolute Gasteiger partial charge is 0.240 e.